The third kappa shape index (κ3) is 3.73. The van der Waals surface area contributed by atoms with Crippen LogP contribution >= 0.6 is 0 Å². The van der Waals surface area contributed by atoms with Gasteiger partial charge in [-0.1, -0.05) is 12.1 Å². The highest BCUT2D eigenvalue weighted by molar-refractivity contribution is 7.92. The van der Waals surface area contributed by atoms with Gasteiger partial charge in [-0.2, -0.15) is 4.31 Å². The van der Waals surface area contributed by atoms with Crippen LogP contribution in [-0.4, -0.2) is 39.5 Å². The van der Waals surface area contributed by atoms with E-state index < -0.39 is 36.7 Å². The summed E-state index contributed by atoms with van der Waals surface area (Å²) < 4.78 is 76.3. The standard InChI is InChI=1S/C16H15F2NO4S2/c17-13-3-1-12(2-4-13)11-24(20,21)19-9-16(10-19)25(22,23)15-7-5-14(18)6-8-15/h1-8,16H,9-11H2. The summed E-state index contributed by atoms with van der Waals surface area (Å²) in [7, 11) is -7.40. The van der Waals surface area contributed by atoms with Crippen LogP contribution in [0.25, 0.3) is 0 Å². The molecule has 2 aromatic carbocycles. The van der Waals surface area contributed by atoms with Crippen LogP contribution in [0.15, 0.2) is 53.4 Å². The van der Waals surface area contributed by atoms with Crippen molar-refractivity contribution < 1.29 is 25.6 Å². The van der Waals surface area contributed by atoms with Crippen molar-refractivity contribution >= 4 is 19.9 Å². The highest BCUT2D eigenvalue weighted by atomic mass is 32.2. The Hall–Kier alpha value is -1.84. The van der Waals surface area contributed by atoms with E-state index in [0.29, 0.717) is 5.56 Å². The number of hydrogen-bond acceptors (Lipinski definition) is 4. The lowest BCUT2D eigenvalue weighted by atomic mass is 10.2. The van der Waals surface area contributed by atoms with Crippen LogP contribution in [0.3, 0.4) is 0 Å². The van der Waals surface area contributed by atoms with Crippen molar-refractivity contribution in [1.82, 2.24) is 4.31 Å². The first-order valence-corrected chi connectivity index (χ1v) is 10.6. The van der Waals surface area contributed by atoms with Crippen LogP contribution in [0.2, 0.25) is 0 Å². The molecule has 0 amide bonds. The zero-order valence-electron chi connectivity index (χ0n) is 13.0. The van der Waals surface area contributed by atoms with Gasteiger partial charge in [-0.25, -0.2) is 25.6 Å². The minimum atomic E-state index is -3.71. The van der Waals surface area contributed by atoms with Gasteiger partial charge in [0.2, 0.25) is 10.0 Å². The first kappa shape index (κ1) is 18.0. The van der Waals surface area contributed by atoms with E-state index in [1.165, 1.54) is 36.4 Å². The van der Waals surface area contributed by atoms with Crippen LogP contribution in [0, 0.1) is 11.6 Å². The molecular weight excluding hydrogens is 372 g/mol. The molecule has 134 valence electrons. The van der Waals surface area contributed by atoms with Crippen LogP contribution in [0.1, 0.15) is 5.56 Å². The lowest BCUT2D eigenvalue weighted by Gasteiger charge is -2.37. The normalized spacial score (nSPS) is 16.6. The third-order valence-corrected chi connectivity index (χ3v) is 7.94. The molecule has 0 spiro atoms. The van der Waals surface area contributed by atoms with Gasteiger partial charge in [-0.05, 0) is 42.0 Å². The highest BCUT2D eigenvalue weighted by Crippen LogP contribution is 2.27. The van der Waals surface area contributed by atoms with E-state index in [1.54, 1.807) is 0 Å². The summed E-state index contributed by atoms with van der Waals surface area (Å²) in [5.41, 5.74) is 0.422. The molecule has 1 fully saturated rings. The SMILES string of the molecule is O=S(=O)(c1ccc(F)cc1)C1CN(S(=O)(=O)Cc2ccc(F)cc2)C1. The Morgan fingerprint density at radius 1 is 0.840 bits per heavy atom. The first-order valence-electron chi connectivity index (χ1n) is 7.40. The lowest BCUT2D eigenvalue weighted by molar-refractivity contribution is 0.309. The van der Waals surface area contributed by atoms with Crippen LogP contribution in [-0.2, 0) is 25.6 Å². The fourth-order valence-corrected chi connectivity index (χ4v) is 5.98. The summed E-state index contributed by atoms with van der Waals surface area (Å²) in [6.45, 7) is -0.299. The fraction of sp³-hybridized carbons (Fsp3) is 0.250. The molecule has 1 aliphatic heterocycles. The van der Waals surface area contributed by atoms with E-state index in [-0.39, 0.29) is 23.7 Å². The smallest absolute Gasteiger partial charge is 0.218 e. The number of halogens is 2. The van der Waals surface area contributed by atoms with E-state index >= 15 is 0 Å². The average molecular weight is 387 g/mol. The average Bonchev–Trinajstić information content (AvgIpc) is 2.47. The second-order valence-electron chi connectivity index (χ2n) is 5.82. The Bertz CT molecular complexity index is 966. The summed E-state index contributed by atoms with van der Waals surface area (Å²) >= 11 is 0. The molecule has 1 saturated heterocycles. The Morgan fingerprint density at radius 3 is 1.84 bits per heavy atom. The Labute approximate surface area is 144 Å². The van der Waals surface area contributed by atoms with Gasteiger partial charge < -0.3 is 0 Å². The molecule has 2 aromatic rings. The van der Waals surface area contributed by atoms with Crippen molar-refractivity contribution in [3.8, 4) is 0 Å². The summed E-state index contributed by atoms with van der Waals surface area (Å²) in [4.78, 5) is -0.0329. The van der Waals surface area contributed by atoms with Crippen LogP contribution in [0.4, 0.5) is 8.78 Å². The molecule has 1 aliphatic rings. The minimum Gasteiger partial charge on any atom is -0.223 e. The molecule has 0 saturated carbocycles. The maximum atomic E-state index is 12.9. The lowest BCUT2D eigenvalue weighted by Crippen LogP contribution is -2.56. The quantitative estimate of drug-likeness (QED) is 0.736. The van der Waals surface area contributed by atoms with Crippen LogP contribution < -0.4 is 0 Å². The van der Waals surface area contributed by atoms with E-state index in [2.05, 4.69) is 0 Å². The van der Waals surface area contributed by atoms with Gasteiger partial charge in [0, 0.05) is 13.1 Å². The van der Waals surface area contributed by atoms with Gasteiger partial charge in [0.25, 0.3) is 0 Å². The van der Waals surface area contributed by atoms with Gasteiger partial charge in [0.1, 0.15) is 11.6 Å². The fourth-order valence-electron chi connectivity index (χ4n) is 2.52. The van der Waals surface area contributed by atoms with Crippen molar-refractivity contribution in [2.45, 2.75) is 15.9 Å². The van der Waals surface area contributed by atoms with Gasteiger partial charge in [0.15, 0.2) is 9.84 Å². The van der Waals surface area contributed by atoms with E-state index in [1.807, 2.05) is 0 Å². The summed E-state index contributed by atoms with van der Waals surface area (Å²) in [5, 5.41) is -0.860. The van der Waals surface area contributed by atoms with E-state index in [4.69, 9.17) is 0 Å². The van der Waals surface area contributed by atoms with Crippen molar-refractivity contribution in [3.63, 3.8) is 0 Å². The first-order chi connectivity index (χ1) is 11.7. The number of rotatable bonds is 5. The van der Waals surface area contributed by atoms with Gasteiger partial charge in [-0.3, -0.25) is 0 Å². The summed E-state index contributed by atoms with van der Waals surface area (Å²) in [6.07, 6.45) is 0. The molecule has 0 unspecified atom stereocenters. The molecule has 0 N–H and O–H groups in total. The molecule has 0 aliphatic carbocycles. The summed E-state index contributed by atoms with van der Waals surface area (Å²) in [5.74, 6) is -1.33. The Kier molecular flexibility index (Phi) is 4.65. The minimum absolute atomic E-state index is 0.0329. The van der Waals surface area contributed by atoms with E-state index in [9.17, 15) is 25.6 Å². The predicted octanol–water partition coefficient (Wildman–Crippen LogP) is 1.95. The van der Waals surface area contributed by atoms with Crippen LogP contribution in [0.5, 0.6) is 0 Å². The molecule has 5 nitrogen and oxygen atoms in total. The predicted molar refractivity (Wildman–Crippen MR) is 88.0 cm³/mol. The molecule has 1 heterocycles. The second-order valence-corrected chi connectivity index (χ2v) is 10.0. The zero-order valence-corrected chi connectivity index (χ0v) is 14.6. The molecular formula is C16H15F2NO4S2. The van der Waals surface area contributed by atoms with Gasteiger partial charge >= 0.3 is 0 Å². The van der Waals surface area contributed by atoms with Crippen molar-refractivity contribution in [1.29, 1.82) is 0 Å². The zero-order chi connectivity index (χ0) is 18.2. The van der Waals surface area contributed by atoms with Crippen molar-refractivity contribution in [2.24, 2.45) is 0 Å². The largest absolute Gasteiger partial charge is 0.223 e. The second kappa shape index (κ2) is 6.47. The Balaban J connectivity index is 1.68. The molecule has 25 heavy (non-hydrogen) atoms. The Morgan fingerprint density at radius 2 is 1.32 bits per heavy atom. The van der Waals surface area contributed by atoms with Gasteiger partial charge in [0.05, 0.1) is 15.9 Å². The molecule has 0 radical (unpaired) electrons. The summed E-state index contributed by atoms with van der Waals surface area (Å²) in [6, 6.07) is 9.52. The molecule has 9 heteroatoms. The molecule has 0 atom stereocenters. The molecule has 0 aromatic heterocycles. The monoisotopic (exact) mass is 387 g/mol. The third-order valence-electron chi connectivity index (χ3n) is 4.05. The number of sulfone groups is 1. The number of sulfonamides is 1. The number of nitrogens with zero attached hydrogens (tertiary/aromatic N) is 1. The number of hydrogen-bond donors (Lipinski definition) is 0. The highest BCUT2D eigenvalue weighted by Gasteiger charge is 2.43. The van der Waals surface area contributed by atoms with Gasteiger partial charge in [-0.15, -0.1) is 0 Å². The van der Waals surface area contributed by atoms with Crippen molar-refractivity contribution in [2.75, 3.05) is 13.1 Å². The topological polar surface area (TPSA) is 71.5 Å². The van der Waals surface area contributed by atoms with Crippen molar-refractivity contribution in [3.05, 3.63) is 65.7 Å². The maximum absolute atomic E-state index is 12.9. The maximum Gasteiger partial charge on any atom is 0.218 e. The molecule has 3 rings (SSSR count). The van der Waals surface area contributed by atoms with E-state index in [0.717, 1.165) is 16.4 Å². The molecule has 0 bridgehead atoms. The number of benzene rings is 2.